The third kappa shape index (κ3) is 2.93. The summed E-state index contributed by atoms with van der Waals surface area (Å²) in [4.78, 5) is 0. The molecule has 1 N–H and O–H groups in total. The summed E-state index contributed by atoms with van der Waals surface area (Å²) in [5.41, 5.74) is 3.11. The average Bonchev–Trinajstić information content (AvgIpc) is 2.46. The van der Waals surface area contributed by atoms with Crippen LogP contribution in [0.2, 0.25) is 0 Å². The zero-order valence-electron chi connectivity index (χ0n) is 11.0. The zero-order chi connectivity index (χ0) is 12.2. The predicted octanol–water partition coefficient (Wildman–Crippen LogP) is 2.56. The number of aryl methyl sites for hydroxylation is 1. The number of hydrogen-bond acceptors (Lipinski definition) is 2. The summed E-state index contributed by atoms with van der Waals surface area (Å²) >= 11 is 0. The van der Waals surface area contributed by atoms with E-state index < -0.39 is 0 Å². The van der Waals surface area contributed by atoms with Gasteiger partial charge in [-0.15, -0.1) is 0 Å². The van der Waals surface area contributed by atoms with Crippen molar-refractivity contribution in [2.45, 2.75) is 38.1 Å². The van der Waals surface area contributed by atoms with Gasteiger partial charge in [0, 0.05) is 19.3 Å². The Morgan fingerprint density at radius 3 is 2.67 bits per heavy atom. The van der Waals surface area contributed by atoms with E-state index in [2.05, 4.69) is 29.6 Å². The van der Waals surface area contributed by atoms with E-state index in [1.807, 2.05) is 0 Å². The van der Waals surface area contributed by atoms with Gasteiger partial charge in [0.1, 0.15) is 0 Å². The van der Waals surface area contributed by atoms with Crippen molar-refractivity contribution in [3.05, 3.63) is 35.4 Å². The second kappa shape index (κ2) is 5.85. The second-order valence-electron chi connectivity index (χ2n) is 5.67. The molecule has 0 radical (unpaired) electrons. The van der Waals surface area contributed by atoms with Crippen molar-refractivity contribution >= 4 is 0 Å². The van der Waals surface area contributed by atoms with E-state index in [9.17, 15) is 0 Å². The maximum Gasteiger partial charge on any atom is 0.0469 e. The van der Waals surface area contributed by atoms with Gasteiger partial charge in [-0.1, -0.05) is 24.3 Å². The van der Waals surface area contributed by atoms with E-state index in [0.29, 0.717) is 6.04 Å². The lowest BCUT2D eigenvalue weighted by molar-refractivity contribution is 0.0653. The molecule has 1 aromatic carbocycles. The molecule has 0 amide bonds. The molecule has 1 heterocycles. The number of hydrogen-bond donors (Lipinski definition) is 1. The van der Waals surface area contributed by atoms with Crippen LogP contribution < -0.4 is 5.32 Å². The summed E-state index contributed by atoms with van der Waals surface area (Å²) in [5, 5.41) is 3.78. The minimum Gasteiger partial charge on any atom is -0.381 e. The van der Waals surface area contributed by atoms with Crippen molar-refractivity contribution in [1.82, 2.24) is 5.32 Å². The van der Waals surface area contributed by atoms with Gasteiger partial charge in [0.2, 0.25) is 0 Å². The molecule has 1 aromatic rings. The molecular formula is C16H23NO. The minimum atomic E-state index is 0.683. The van der Waals surface area contributed by atoms with Gasteiger partial charge in [-0.2, -0.15) is 0 Å². The molecule has 1 aliphatic heterocycles. The third-order valence-electron chi connectivity index (χ3n) is 4.38. The maximum absolute atomic E-state index is 5.41. The molecule has 1 unspecified atom stereocenters. The lowest BCUT2D eigenvalue weighted by Gasteiger charge is -2.29. The van der Waals surface area contributed by atoms with Crippen molar-refractivity contribution in [3.63, 3.8) is 0 Å². The molecule has 1 saturated heterocycles. The van der Waals surface area contributed by atoms with Gasteiger partial charge in [0.15, 0.2) is 0 Å². The number of fused-ring (bicyclic) bond motifs is 1. The summed E-state index contributed by atoms with van der Waals surface area (Å²) in [6, 6.07) is 9.58. The molecule has 98 valence electrons. The van der Waals surface area contributed by atoms with Crippen LogP contribution in [0.4, 0.5) is 0 Å². The van der Waals surface area contributed by atoms with E-state index in [4.69, 9.17) is 4.74 Å². The van der Waals surface area contributed by atoms with E-state index in [1.165, 1.54) is 38.6 Å². The van der Waals surface area contributed by atoms with Crippen LogP contribution in [0.1, 0.15) is 30.4 Å². The van der Waals surface area contributed by atoms with Crippen LogP contribution in [0.5, 0.6) is 0 Å². The first-order valence-electron chi connectivity index (χ1n) is 7.30. The molecule has 2 aliphatic rings. The highest BCUT2D eigenvalue weighted by Crippen LogP contribution is 2.21. The quantitative estimate of drug-likeness (QED) is 0.883. The molecule has 3 rings (SSSR count). The fraction of sp³-hybridized carbons (Fsp3) is 0.625. The normalized spacial score (nSPS) is 24.8. The van der Waals surface area contributed by atoms with Crippen LogP contribution in [-0.4, -0.2) is 25.8 Å². The van der Waals surface area contributed by atoms with Crippen LogP contribution in [0.25, 0.3) is 0 Å². The molecule has 1 fully saturated rings. The van der Waals surface area contributed by atoms with Crippen LogP contribution in [0.3, 0.4) is 0 Å². The highest BCUT2D eigenvalue weighted by Gasteiger charge is 2.20. The van der Waals surface area contributed by atoms with E-state index >= 15 is 0 Å². The Morgan fingerprint density at radius 2 is 1.83 bits per heavy atom. The molecule has 1 atom stereocenters. The highest BCUT2D eigenvalue weighted by atomic mass is 16.5. The number of ether oxygens (including phenoxy) is 1. The zero-order valence-corrected chi connectivity index (χ0v) is 11.0. The van der Waals surface area contributed by atoms with Gasteiger partial charge in [-0.05, 0) is 55.7 Å². The lowest BCUT2D eigenvalue weighted by Crippen LogP contribution is -2.38. The molecule has 1 aliphatic carbocycles. The molecule has 2 heteroatoms. The molecule has 0 aromatic heterocycles. The average molecular weight is 245 g/mol. The van der Waals surface area contributed by atoms with Gasteiger partial charge in [-0.3, -0.25) is 0 Å². The monoisotopic (exact) mass is 245 g/mol. The Bertz CT molecular complexity index is 384. The van der Waals surface area contributed by atoms with Crippen molar-refractivity contribution in [2.24, 2.45) is 5.92 Å². The second-order valence-corrected chi connectivity index (χ2v) is 5.67. The van der Waals surface area contributed by atoms with Crippen molar-refractivity contribution in [2.75, 3.05) is 19.8 Å². The molecule has 0 saturated carbocycles. The Kier molecular flexibility index (Phi) is 3.96. The van der Waals surface area contributed by atoms with Crippen LogP contribution in [0.15, 0.2) is 24.3 Å². The summed E-state index contributed by atoms with van der Waals surface area (Å²) in [6.07, 6.45) is 6.20. The fourth-order valence-corrected chi connectivity index (χ4v) is 3.16. The largest absolute Gasteiger partial charge is 0.381 e. The summed E-state index contributed by atoms with van der Waals surface area (Å²) in [7, 11) is 0. The van der Waals surface area contributed by atoms with E-state index in [1.54, 1.807) is 11.1 Å². The fourth-order valence-electron chi connectivity index (χ4n) is 3.16. The summed E-state index contributed by atoms with van der Waals surface area (Å²) in [5.74, 6) is 0.830. The maximum atomic E-state index is 5.41. The van der Waals surface area contributed by atoms with Gasteiger partial charge in [0.05, 0.1) is 0 Å². The Labute approximate surface area is 110 Å². The standard InChI is InChI=1S/C16H23NO/c1-2-4-15-11-16(6-5-14(15)3-1)17-12-13-7-9-18-10-8-13/h1-4,13,16-17H,5-12H2. The highest BCUT2D eigenvalue weighted by molar-refractivity contribution is 5.30. The van der Waals surface area contributed by atoms with Gasteiger partial charge < -0.3 is 10.1 Å². The summed E-state index contributed by atoms with van der Waals surface area (Å²) in [6.45, 7) is 3.09. The first-order valence-corrected chi connectivity index (χ1v) is 7.30. The Balaban J connectivity index is 1.50. The molecular weight excluding hydrogens is 222 g/mol. The predicted molar refractivity (Wildman–Crippen MR) is 73.8 cm³/mol. The van der Waals surface area contributed by atoms with Gasteiger partial charge in [0.25, 0.3) is 0 Å². The first kappa shape index (κ1) is 12.2. The SMILES string of the molecule is c1ccc2c(c1)CCC(NCC1CCOCC1)C2. The van der Waals surface area contributed by atoms with E-state index in [-0.39, 0.29) is 0 Å². The lowest BCUT2D eigenvalue weighted by atomic mass is 9.88. The Hall–Kier alpha value is -0.860. The van der Waals surface area contributed by atoms with Crippen LogP contribution in [0, 0.1) is 5.92 Å². The molecule has 0 bridgehead atoms. The number of nitrogens with one attached hydrogen (secondary N) is 1. The molecule has 0 spiro atoms. The van der Waals surface area contributed by atoms with Crippen molar-refractivity contribution in [3.8, 4) is 0 Å². The first-order chi connectivity index (χ1) is 8.92. The Morgan fingerprint density at radius 1 is 1.06 bits per heavy atom. The number of rotatable bonds is 3. The summed E-state index contributed by atoms with van der Waals surface area (Å²) < 4.78 is 5.41. The molecule has 18 heavy (non-hydrogen) atoms. The topological polar surface area (TPSA) is 21.3 Å². The van der Waals surface area contributed by atoms with Gasteiger partial charge >= 0.3 is 0 Å². The molecule has 2 nitrogen and oxygen atoms in total. The van der Waals surface area contributed by atoms with Crippen LogP contribution >= 0.6 is 0 Å². The third-order valence-corrected chi connectivity index (χ3v) is 4.38. The van der Waals surface area contributed by atoms with Crippen molar-refractivity contribution < 1.29 is 4.74 Å². The van der Waals surface area contributed by atoms with Crippen LogP contribution in [-0.2, 0) is 17.6 Å². The number of benzene rings is 1. The minimum absolute atomic E-state index is 0.683. The van der Waals surface area contributed by atoms with E-state index in [0.717, 1.165) is 19.1 Å². The smallest absolute Gasteiger partial charge is 0.0469 e. The van der Waals surface area contributed by atoms with Gasteiger partial charge in [-0.25, -0.2) is 0 Å². The van der Waals surface area contributed by atoms with Crippen molar-refractivity contribution in [1.29, 1.82) is 0 Å².